The first-order valence-corrected chi connectivity index (χ1v) is 14.6. The highest BCUT2D eigenvalue weighted by Gasteiger charge is 2.22. The van der Waals surface area contributed by atoms with Crippen LogP contribution >= 0.6 is 23.2 Å². The first kappa shape index (κ1) is 28.6. The van der Waals surface area contributed by atoms with Crippen LogP contribution in [0, 0.1) is 0 Å². The van der Waals surface area contributed by atoms with Gasteiger partial charge in [0.1, 0.15) is 5.82 Å². The van der Waals surface area contributed by atoms with Gasteiger partial charge in [0.05, 0.1) is 42.8 Å². The summed E-state index contributed by atoms with van der Waals surface area (Å²) in [6, 6.07) is 12.2. The van der Waals surface area contributed by atoms with Crippen molar-refractivity contribution in [2.75, 3.05) is 12.4 Å². The summed E-state index contributed by atoms with van der Waals surface area (Å²) < 4.78 is 7.89. The highest BCUT2D eigenvalue weighted by molar-refractivity contribution is 6.31. The van der Waals surface area contributed by atoms with Gasteiger partial charge in [0.15, 0.2) is 5.15 Å². The van der Waals surface area contributed by atoms with Crippen LogP contribution in [0.15, 0.2) is 66.0 Å². The topological polar surface area (TPSA) is 133 Å². The minimum absolute atomic E-state index is 0.221. The van der Waals surface area contributed by atoms with Crippen molar-refractivity contribution in [2.24, 2.45) is 0 Å². The third kappa shape index (κ3) is 6.18. The molecule has 220 valence electrons. The van der Waals surface area contributed by atoms with Crippen LogP contribution in [0.3, 0.4) is 0 Å². The van der Waals surface area contributed by atoms with Crippen LogP contribution < -0.4 is 10.9 Å². The number of carbonyl (C=O) groups is 1. The van der Waals surface area contributed by atoms with E-state index in [1.54, 1.807) is 35.3 Å². The number of halogens is 2. The van der Waals surface area contributed by atoms with Gasteiger partial charge in [0, 0.05) is 34.1 Å². The second kappa shape index (κ2) is 12.4. The van der Waals surface area contributed by atoms with E-state index in [2.05, 4.69) is 25.6 Å². The number of fused-ring (bicyclic) bond motifs is 4. The molecule has 0 saturated heterocycles. The van der Waals surface area contributed by atoms with Gasteiger partial charge >= 0.3 is 6.09 Å². The van der Waals surface area contributed by atoms with E-state index in [1.807, 2.05) is 24.4 Å². The molecule has 0 fully saturated rings. The number of rotatable bonds is 4. The van der Waals surface area contributed by atoms with Crippen molar-refractivity contribution in [3.05, 3.63) is 93.1 Å². The molecule has 0 unspecified atom stereocenters. The molecule has 43 heavy (non-hydrogen) atoms. The predicted molar refractivity (Wildman–Crippen MR) is 164 cm³/mol. The van der Waals surface area contributed by atoms with Gasteiger partial charge in [-0.15, -0.1) is 5.10 Å². The molecule has 0 saturated carbocycles. The lowest BCUT2D eigenvalue weighted by atomic mass is 9.97. The Kier molecular flexibility index (Phi) is 8.26. The fourth-order valence-corrected chi connectivity index (χ4v) is 5.72. The molecule has 4 heterocycles. The van der Waals surface area contributed by atoms with E-state index in [0.29, 0.717) is 33.5 Å². The Hall–Kier alpha value is -4.48. The summed E-state index contributed by atoms with van der Waals surface area (Å²) in [5, 5.41) is 11.4. The number of methoxy groups -OCH3 is 1. The van der Waals surface area contributed by atoms with Crippen LogP contribution in [0.25, 0.3) is 28.2 Å². The van der Waals surface area contributed by atoms with Gasteiger partial charge in [-0.1, -0.05) is 53.7 Å². The first-order valence-electron chi connectivity index (χ1n) is 13.9. The number of amides is 1. The smallest absolute Gasteiger partial charge is 0.411 e. The standard InChI is InChI=1S/C30H28Cl2N8O3/c1-43-30(42)35-20-9-10-21-18(12-20)6-4-2-3-5-7-26(29-33-15-24(21)36-29)39-17-34-23(14-28(39)41)22-13-19(31)8-11-25(22)40-16-27(32)37-38-40/h8-17,26H,2-7H2,1H3,(H,33,36)(H,35,42)/t26-/m0/s1. The number of aromatic amines is 1. The van der Waals surface area contributed by atoms with Gasteiger partial charge in [-0.25, -0.2) is 19.4 Å². The van der Waals surface area contributed by atoms with Crippen LogP contribution in [0.4, 0.5) is 10.5 Å². The Morgan fingerprint density at radius 2 is 1.91 bits per heavy atom. The summed E-state index contributed by atoms with van der Waals surface area (Å²) in [5.74, 6) is 0.677. The minimum atomic E-state index is -0.516. The molecular weight excluding hydrogens is 591 g/mol. The molecule has 3 aromatic heterocycles. The average molecular weight is 620 g/mol. The molecule has 2 aromatic carbocycles. The molecule has 6 rings (SSSR count). The van der Waals surface area contributed by atoms with Crippen molar-refractivity contribution in [3.63, 3.8) is 0 Å². The highest BCUT2D eigenvalue weighted by Crippen LogP contribution is 2.32. The maximum Gasteiger partial charge on any atom is 0.411 e. The van der Waals surface area contributed by atoms with Gasteiger partial charge in [0.2, 0.25) is 0 Å². The molecule has 1 aliphatic heterocycles. The van der Waals surface area contributed by atoms with Crippen LogP contribution in [0.5, 0.6) is 0 Å². The van der Waals surface area contributed by atoms with E-state index >= 15 is 0 Å². The quantitative estimate of drug-likeness (QED) is 0.236. The number of aryl methyl sites for hydroxylation is 1. The number of aromatic nitrogens is 7. The molecule has 2 bridgehead atoms. The van der Waals surface area contributed by atoms with Gasteiger partial charge in [-0.3, -0.25) is 14.7 Å². The number of ether oxygens (including phenoxy) is 1. The van der Waals surface area contributed by atoms with E-state index in [4.69, 9.17) is 32.9 Å². The number of anilines is 1. The molecule has 5 aromatic rings. The van der Waals surface area contributed by atoms with E-state index in [-0.39, 0.29) is 16.8 Å². The predicted octanol–water partition coefficient (Wildman–Crippen LogP) is 6.46. The fraction of sp³-hybridized carbons (Fsp3) is 0.267. The molecule has 13 heteroatoms. The Morgan fingerprint density at radius 3 is 2.70 bits per heavy atom. The summed E-state index contributed by atoms with van der Waals surface area (Å²) in [7, 11) is 1.34. The van der Waals surface area contributed by atoms with Gasteiger partial charge in [-0.2, -0.15) is 0 Å². The number of H-pyrrole nitrogens is 1. The van der Waals surface area contributed by atoms with Crippen molar-refractivity contribution >= 4 is 35.0 Å². The number of nitrogens with zero attached hydrogens (tertiary/aromatic N) is 6. The summed E-state index contributed by atoms with van der Waals surface area (Å²) >= 11 is 12.3. The van der Waals surface area contributed by atoms with Crippen LogP contribution in [-0.2, 0) is 11.2 Å². The summed E-state index contributed by atoms with van der Waals surface area (Å²) in [6.45, 7) is 0. The molecule has 0 spiro atoms. The van der Waals surface area contributed by atoms with Crippen LogP contribution in [-0.4, -0.2) is 47.7 Å². The zero-order valence-electron chi connectivity index (χ0n) is 23.3. The largest absolute Gasteiger partial charge is 0.453 e. The SMILES string of the molecule is COC(=O)Nc1ccc2c(c1)CCCCCC[C@H](n1cnc(-c3cc(Cl)ccc3-n3cc(Cl)nn3)cc1=O)c1nc-2c[nH]1. The zero-order chi connectivity index (χ0) is 29.9. The monoisotopic (exact) mass is 618 g/mol. The third-order valence-electron chi connectivity index (χ3n) is 7.52. The van der Waals surface area contributed by atoms with E-state index in [0.717, 1.165) is 55.3 Å². The molecule has 0 aliphatic carbocycles. The summed E-state index contributed by atoms with van der Waals surface area (Å²) in [6.07, 6.45) is 10.0. The van der Waals surface area contributed by atoms with Crippen molar-refractivity contribution < 1.29 is 9.53 Å². The second-order valence-corrected chi connectivity index (χ2v) is 11.1. The van der Waals surface area contributed by atoms with Crippen molar-refractivity contribution in [3.8, 4) is 28.2 Å². The van der Waals surface area contributed by atoms with E-state index in [1.165, 1.54) is 17.9 Å². The Labute approximate surface area is 256 Å². The van der Waals surface area contributed by atoms with Crippen LogP contribution in [0.2, 0.25) is 10.2 Å². The number of imidazole rings is 1. The maximum absolute atomic E-state index is 13.6. The average Bonchev–Trinajstić information content (AvgIpc) is 3.66. The third-order valence-corrected chi connectivity index (χ3v) is 7.93. The Morgan fingerprint density at radius 1 is 1.05 bits per heavy atom. The molecule has 2 N–H and O–H groups in total. The van der Waals surface area contributed by atoms with Crippen molar-refractivity contribution in [1.82, 2.24) is 34.5 Å². The van der Waals surface area contributed by atoms with Gasteiger partial charge in [-0.05, 0) is 55.2 Å². The van der Waals surface area contributed by atoms with Gasteiger partial charge < -0.3 is 9.72 Å². The number of hydrogen-bond donors (Lipinski definition) is 2. The minimum Gasteiger partial charge on any atom is -0.453 e. The second-order valence-electron chi connectivity index (χ2n) is 10.3. The summed E-state index contributed by atoms with van der Waals surface area (Å²) in [5.41, 5.74) is 4.98. The number of nitrogens with one attached hydrogen (secondary N) is 2. The van der Waals surface area contributed by atoms with E-state index in [9.17, 15) is 9.59 Å². The van der Waals surface area contributed by atoms with Crippen LogP contribution in [0.1, 0.15) is 49.5 Å². The number of benzene rings is 2. The Bertz CT molecular complexity index is 1850. The number of carbonyl (C=O) groups excluding carboxylic acids is 1. The molecule has 0 radical (unpaired) electrons. The molecule has 11 nitrogen and oxygen atoms in total. The van der Waals surface area contributed by atoms with E-state index < -0.39 is 6.09 Å². The van der Waals surface area contributed by atoms with Gasteiger partial charge in [0.25, 0.3) is 5.56 Å². The molecular formula is C30H28Cl2N8O3. The lowest BCUT2D eigenvalue weighted by molar-refractivity contribution is 0.187. The normalized spacial score (nSPS) is 15.2. The number of hydrogen-bond acceptors (Lipinski definition) is 7. The lowest BCUT2D eigenvalue weighted by Crippen LogP contribution is -2.26. The Balaban J connectivity index is 1.36. The summed E-state index contributed by atoms with van der Waals surface area (Å²) in [4.78, 5) is 38.3. The van der Waals surface area contributed by atoms with Crippen molar-refractivity contribution in [1.29, 1.82) is 0 Å². The molecule has 1 aliphatic rings. The molecule has 1 amide bonds. The maximum atomic E-state index is 13.6. The fourth-order valence-electron chi connectivity index (χ4n) is 5.42. The lowest BCUT2D eigenvalue weighted by Gasteiger charge is -2.19. The van der Waals surface area contributed by atoms with Crippen molar-refractivity contribution in [2.45, 2.75) is 44.6 Å². The first-order chi connectivity index (χ1) is 20.9. The molecule has 1 atom stereocenters. The highest BCUT2D eigenvalue weighted by atomic mass is 35.5. The zero-order valence-corrected chi connectivity index (χ0v) is 24.8.